The van der Waals surface area contributed by atoms with Crippen LogP contribution in [-0.4, -0.2) is 22.2 Å². The minimum Gasteiger partial charge on any atom is -0.505 e. The van der Waals surface area contributed by atoms with Crippen LogP contribution in [0.15, 0.2) is 30.3 Å². The number of H-pyrrole nitrogens is 1. The first-order chi connectivity index (χ1) is 12.4. The van der Waals surface area contributed by atoms with Gasteiger partial charge in [-0.1, -0.05) is 57.5 Å². The molecule has 0 amide bonds. The van der Waals surface area contributed by atoms with Crippen molar-refractivity contribution in [1.82, 2.24) is 4.98 Å². The Labute approximate surface area is 155 Å². The average molecular weight is 355 g/mol. The molecule has 140 valence electrons. The van der Waals surface area contributed by atoms with Crippen LogP contribution < -0.4 is 0 Å². The molecule has 1 aromatic carbocycles. The van der Waals surface area contributed by atoms with Crippen molar-refractivity contribution in [3.05, 3.63) is 41.6 Å². The number of esters is 1. The summed E-state index contributed by atoms with van der Waals surface area (Å²) in [5.74, 6) is 0.960. The molecule has 1 heterocycles. The molecule has 4 nitrogen and oxygen atoms in total. The maximum Gasteiger partial charge on any atom is 0.344 e. The molecule has 1 aliphatic rings. The lowest BCUT2D eigenvalue weighted by Crippen LogP contribution is -2.35. The summed E-state index contributed by atoms with van der Waals surface area (Å²) in [7, 11) is 0. The molecule has 3 unspecified atom stereocenters. The first-order valence-corrected chi connectivity index (χ1v) is 9.56. The van der Waals surface area contributed by atoms with Gasteiger partial charge in [0.1, 0.15) is 11.7 Å². The monoisotopic (exact) mass is 355 g/mol. The number of aromatic amines is 1. The second kappa shape index (κ2) is 7.56. The average Bonchev–Trinajstić information content (AvgIpc) is 2.90. The first-order valence-electron chi connectivity index (χ1n) is 9.56. The SMILES string of the molecule is Cc1[nH]c(-c2ccccc2)c(O)c1C(=O)OC1CC(C)CCC1C(C)C. The van der Waals surface area contributed by atoms with E-state index in [-0.39, 0.29) is 17.4 Å². The van der Waals surface area contributed by atoms with Crippen molar-refractivity contribution in [3.8, 4) is 17.0 Å². The van der Waals surface area contributed by atoms with E-state index >= 15 is 0 Å². The highest BCUT2D eigenvalue weighted by Crippen LogP contribution is 2.38. The van der Waals surface area contributed by atoms with Gasteiger partial charge in [0, 0.05) is 11.3 Å². The minimum absolute atomic E-state index is 0.0244. The van der Waals surface area contributed by atoms with E-state index in [1.165, 1.54) is 6.42 Å². The first kappa shape index (κ1) is 18.6. The Kier molecular flexibility index (Phi) is 5.40. The molecular formula is C22H29NO3. The molecule has 1 saturated carbocycles. The van der Waals surface area contributed by atoms with Crippen molar-refractivity contribution >= 4 is 5.97 Å². The molecule has 3 rings (SSSR count). The normalized spacial score (nSPS) is 23.2. The fourth-order valence-corrected chi connectivity index (χ4v) is 4.12. The number of carbonyl (C=O) groups is 1. The minimum atomic E-state index is -0.428. The highest BCUT2D eigenvalue weighted by molar-refractivity contribution is 5.97. The predicted molar refractivity (Wildman–Crippen MR) is 103 cm³/mol. The van der Waals surface area contributed by atoms with Gasteiger partial charge in [-0.2, -0.15) is 0 Å². The number of aromatic hydroxyl groups is 1. The highest BCUT2D eigenvalue weighted by atomic mass is 16.5. The van der Waals surface area contributed by atoms with Crippen LogP contribution in [0.5, 0.6) is 5.75 Å². The second-order valence-electron chi connectivity index (χ2n) is 7.98. The number of rotatable bonds is 4. The predicted octanol–water partition coefficient (Wildman–Crippen LogP) is 5.31. The van der Waals surface area contributed by atoms with Gasteiger partial charge in [-0.05, 0) is 37.5 Å². The summed E-state index contributed by atoms with van der Waals surface area (Å²) >= 11 is 0. The van der Waals surface area contributed by atoms with Crippen molar-refractivity contribution in [3.63, 3.8) is 0 Å². The van der Waals surface area contributed by atoms with Crippen LogP contribution >= 0.6 is 0 Å². The van der Waals surface area contributed by atoms with E-state index in [0.29, 0.717) is 29.1 Å². The molecule has 2 aromatic rings. The van der Waals surface area contributed by atoms with Crippen LogP contribution in [0.25, 0.3) is 11.3 Å². The Hall–Kier alpha value is -2.23. The standard InChI is InChI=1S/C22H29NO3/c1-13(2)17-11-10-14(3)12-18(17)26-22(25)19-15(4)23-20(21(19)24)16-8-6-5-7-9-16/h5-9,13-14,17-18,23-24H,10-12H2,1-4H3. The van der Waals surface area contributed by atoms with Crippen LogP contribution in [0.4, 0.5) is 0 Å². The lowest BCUT2D eigenvalue weighted by Gasteiger charge is -2.36. The van der Waals surface area contributed by atoms with Gasteiger partial charge in [0.2, 0.25) is 0 Å². The molecule has 0 spiro atoms. The number of hydrogen-bond donors (Lipinski definition) is 2. The summed E-state index contributed by atoms with van der Waals surface area (Å²) in [6.07, 6.45) is 3.08. The van der Waals surface area contributed by atoms with Crippen molar-refractivity contribution in [2.24, 2.45) is 17.8 Å². The molecular weight excluding hydrogens is 326 g/mol. The number of benzene rings is 1. The fraction of sp³-hybridized carbons (Fsp3) is 0.500. The molecule has 1 aromatic heterocycles. The Bertz CT molecular complexity index is 763. The van der Waals surface area contributed by atoms with E-state index in [4.69, 9.17) is 4.74 Å². The molecule has 1 aliphatic carbocycles. The van der Waals surface area contributed by atoms with Crippen molar-refractivity contribution in [1.29, 1.82) is 0 Å². The quantitative estimate of drug-likeness (QED) is 0.730. The number of aryl methyl sites for hydroxylation is 1. The molecule has 4 heteroatoms. The van der Waals surface area contributed by atoms with E-state index in [1.807, 2.05) is 30.3 Å². The van der Waals surface area contributed by atoms with Gasteiger partial charge >= 0.3 is 5.97 Å². The zero-order valence-corrected chi connectivity index (χ0v) is 16.1. The molecule has 0 radical (unpaired) electrons. The number of hydrogen-bond acceptors (Lipinski definition) is 3. The zero-order chi connectivity index (χ0) is 18.8. The summed E-state index contributed by atoms with van der Waals surface area (Å²) in [6.45, 7) is 8.39. The van der Waals surface area contributed by atoms with E-state index in [1.54, 1.807) is 6.92 Å². The second-order valence-corrected chi connectivity index (χ2v) is 7.98. The van der Waals surface area contributed by atoms with E-state index in [9.17, 15) is 9.90 Å². The van der Waals surface area contributed by atoms with Crippen LogP contribution in [0.2, 0.25) is 0 Å². The zero-order valence-electron chi connectivity index (χ0n) is 16.1. The van der Waals surface area contributed by atoms with Crippen molar-refractivity contribution < 1.29 is 14.6 Å². The van der Waals surface area contributed by atoms with Crippen LogP contribution in [0.3, 0.4) is 0 Å². The van der Waals surface area contributed by atoms with Gasteiger partial charge in [-0.25, -0.2) is 4.79 Å². The maximum atomic E-state index is 12.9. The van der Waals surface area contributed by atoms with Gasteiger partial charge in [-0.3, -0.25) is 0 Å². The van der Waals surface area contributed by atoms with E-state index in [0.717, 1.165) is 18.4 Å². The topological polar surface area (TPSA) is 62.3 Å². The van der Waals surface area contributed by atoms with Gasteiger partial charge < -0.3 is 14.8 Å². The van der Waals surface area contributed by atoms with Crippen molar-refractivity contribution in [2.75, 3.05) is 0 Å². The van der Waals surface area contributed by atoms with Gasteiger partial charge in [-0.15, -0.1) is 0 Å². The summed E-state index contributed by atoms with van der Waals surface area (Å²) < 4.78 is 5.91. The Balaban J connectivity index is 1.85. The molecule has 26 heavy (non-hydrogen) atoms. The Morgan fingerprint density at radius 3 is 2.58 bits per heavy atom. The maximum absolute atomic E-state index is 12.9. The highest BCUT2D eigenvalue weighted by Gasteiger charge is 2.35. The van der Waals surface area contributed by atoms with Crippen LogP contribution in [-0.2, 0) is 4.74 Å². The van der Waals surface area contributed by atoms with Gasteiger partial charge in [0.25, 0.3) is 0 Å². The summed E-state index contributed by atoms with van der Waals surface area (Å²) in [5, 5.41) is 10.7. The number of aromatic nitrogens is 1. The van der Waals surface area contributed by atoms with Crippen LogP contribution in [0.1, 0.15) is 56.1 Å². The molecule has 0 aliphatic heterocycles. The molecule has 0 bridgehead atoms. The van der Waals surface area contributed by atoms with E-state index in [2.05, 4.69) is 25.8 Å². The molecule has 1 fully saturated rings. The smallest absolute Gasteiger partial charge is 0.344 e. The van der Waals surface area contributed by atoms with E-state index < -0.39 is 5.97 Å². The number of carbonyl (C=O) groups excluding carboxylic acids is 1. The Morgan fingerprint density at radius 1 is 1.23 bits per heavy atom. The Morgan fingerprint density at radius 2 is 1.92 bits per heavy atom. The largest absolute Gasteiger partial charge is 0.505 e. The molecule has 2 N–H and O–H groups in total. The summed E-state index contributed by atoms with van der Waals surface area (Å²) in [6, 6.07) is 9.52. The van der Waals surface area contributed by atoms with Crippen LogP contribution in [0, 0.1) is 24.7 Å². The van der Waals surface area contributed by atoms with Gasteiger partial charge in [0.15, 0.2) is 5.75 Å². The van der Waals surface area contributed by atoms with Gasteiger partial charge in [0.05, 0.1) is 5.69 Å². The molecule has 0 saturated heterocycles. The molecule has 3 atom stereocenters. The fourth-order valence-electron chi connectivity index (χ4n) is 4.12. The number of nitrogens with one attached hydrogen (secondary N) is 1. The third-order valence-corrected chi connectivity index (χ3v) is 5.65. The summed E-state index contributed by atoms with van der Waals surface area (Å²) in [4.78, 5) is 16.0. The lowest BCUT2D eigenvalue weighted by molar-refractivity contribution is -0.0176. The summed E-state index contributed by atoms with van der Waals surface area (Å²) in [5.41, 5.74) is 2.30. The number of ether oxygens (including phenoxy) is 1. The third-order valence-electron chi connectivity index (χ3n) is 5.65. The third kappa shape index (κ3) is 3.64. The van der Waals surface area contributed by atoms with Crippen molar-refractivity contribution in [2.45, 2.75) is 53.1 Å². The lowest BCUT2D eigenvalue weighted by atomic mass is 9.75.